The molecule has 1 saturated carbocycles. The highest BCUT2D eigenvalue weighted by molar-refractivity contribution is 5.83. The molecular weight excluding hydrogens is 468 g/mol. The Hall–Kier alpha value is -1.90. The van der Waals surface area contributed by atoms with Gasteiger partial charge in [-0.1, -0.05) is 90.4 Å². The molecule has 0 bridgehead atoms. The van der Waals surface area contributed by atoms with Crippen LogP contribution in [0.1, 0.15) is 147 Å². The van der Waals surface area contributed by atoms with E-state index >= 15 is 0 Å². The van der Waals surface area contributed by atoms with Crippen molar-refractivity contribution < 1.29 is 14.3 Å². The lowest BCUT2D eigenvalue weighted by Crippen LogP contribution is -2.28. The average Bonchev–Trinajstić information content (AvgIpc) is 3.24. The molecule has 0 unspecified atom stereocenters. The number of ketones is 1. The molecule has 1 aromatic carbocycles. The van der Waals surface area contributed by atoms with Crippen LogP contribution in [0.5, 0.6) is 5.75 Å². The Balaban J connectivity index is 1.25. The summed E-state index contributed by atoms with van der Waals surface area (Å²) in [5.74, 6) is 2.80. The summed E-state index contributed by atoms with van der Waals surface area (Å²) in [5.41, 5.74) is 2.70. The molecule has 2 aliphatic carbocycles. The summed E-state index contributed by atoms with van der Waals surface area (Å²) in [6, 6.07) is 6.22. The molecule has 1 aromatic rings. The summed E-state index contributed by atoms with van der Waals surface area (Å²) in [4.78, 5) is 24.5. The minimum Gasteiger partial charge on any atom is -0.427 e. The first kappa shape index (κ1) is 30.6. The summed E-state index contributed by atoms with van der Waals surface area (Å²) in [5, 5.41) is 0. The fourth-order valence-corrected chi connectivity index (χ4v) is 6.83. The SMILES string of the molecule is CCCCCCCC/C=C\CCCCCCCC(=O)Oc1ccc2c(c1)CC[C@@H]([C@@H]1CCC(=O)[C@@H]1C)[C@@H]2C. The fraction of sp³-hybridized carbons (Fsp3) is 0.714. The van der Waals surface area contributed by atoms with Gasteiger partial charge in [0.25, 0.3) is 0 Å². The van der Waals surface area contributed by atoms with Gasteiger partial charge in [-0.25, -0.2) is 0 Å². The van der Waals surface area contributed by atoms with Crippen LogP contribution >= 0.6 is 0 Å². The predicted octanol–water partition coefficient (Wildman–Crippen LogP) is 9.91. The minimum absolute atomic E-state index is 0.109. The molecule has 3 nitrogen and oxygen atoms in total. The zero-order valence-electron chi connectivity index (χ0n) is 24.6. The van der Waals surface area contributed by atoms with Crippen molar-refractivity contribution in [3.8, 4) is 5.75 Å². The highest BCUT2D eigenvalue weighted by Crippen LogP contribution is 2.47. The molecule has 0 spiro atoms. The topological polar surface area (TPSA) is 43.4 Å². The molecule has 38 heavy (non-hydrogen) atoms. The van der Waals surface area contributed by atoms with Gasteiger partial charge in [0.05, 0.1) is 0 Å². The molecule has 2 aliphatic rings. The van der Waals surface area contributed by atoms with E-state index in [9.17, 15) is 9.59 Å². The van der Waals surface area contributed by atoms with E-state index in [2.05, 4.69) is 45.1 Å². The van der Waals surface area contributed by atoms with Gasteiger partial charge >= 0.3 is 5.97 Å². The first-order chi connectivity index (χ1) is 18.5. The third-order valence-electron chi connectivity index (χ3n) is 9.29. The van der Waals surface area contributed by atoms with Gasteiger partial charge in [-0.2, -0.15) is 0 Å². The van der Waals surface area contributed by atoms with Gasteiger partial charge in [-0.15, -0.1) is 0 Å². The molecule has 3 heteroatoms. The van der Waals surface area contributed by atoms with E-state index in [4.69, 9.17) is 4.74 Å². The van der Waals surface area contributed by atoms with Crippen LogP contribution in [0.2, 0.25) is 0 Å². The molecule has 0 aromatic heterocycles. The van der Waals surface area contributed by atoms with Crippen LogP contribution in [0.3, 0.4) is 0 Å². The molecule has 0 amide bonds. The largest absolute Gasteiger partial charge is 0.427 e. The molecule has 0 heterocycles. The molecular formula is C35H54O3. The molecule has 0 saturated heterocycles. The normalized spacial score (nSPS) is 23.2. The molecule has 212 valence electrons. The summed E-state index contributed by atoms with van der Waals surface area (Å²) in [6.45, 7) is 6.71. The number of esters is 1. The van der Waals surface area contributed by atoms with E-state index in [-0.39, 0.29) is 11.9 Å². The fourth-order valence-electron chi connectivity index (χ4n) is 6.83. The highest BCUT2D eigenvalue weighted by atomic mass is 16.5. The second-order valence-electron chi connectivity index (χ2n) is 12.1. The number of rotatable bonds is 17. The van der Waals surface area contributed by atoms with Gasteiger partial charge in [-0.3, -0.25) is 9.59 Å². The maximum absolute atomic E-state index is 12.4. The Bertz CT molecular complexity index is 885. The maximum atomic E-state index is 12.4. The lowest BCUT2D eigenvalue weighted by Gasteiger charge is -2.36. The van der Waals surface area contributed by atoms with Crippen molar-refractivity contribution in [3.05, 3.63) is 41.5 Å². The van der Waals surface area contributed by atoms with Crippen LogP contribution in [0.15, 0.2) is 30.4 Å². The Labute approximate surface area is 233 Å². The summed E-state index contributed by atoms with van der Waals surface area (Å²) >= 11 is 0. The van der Waals surface area contributed by atoms with E-state index in [0.717, 1.165) is 38.5 Å². The molecule has 1 fully saturated rings. The summed E-state index contributed by atoms with van der Waals surface area (Å²) < 4.78 is 5.70. The van der Waals surface area contributed by atoms with Gasteiger partial charge in [0.1, 0.15) is 11.5 Å². The first-order valence-electron chi connectivity index (χ1n) is 16.0. The Morgan fingerprint density at radius 3 is 2.08 bits per heavy atom. The Morgan fingerprint density at radius 1 is 0.816 bits per heavy atom. The number of hydrogen-bond acceptors (Lipinski definition) is 3. The monoisotopic (exact) mass is 522 g/mol. The number of unbranched alkanes of at least 4 members (excludes halogenated alkanes) is 11. The third-order valence-corrected chi connectivity index (χ3v) is 9.29. The van der Waals surface area contributed by atoms with Crippen molar-refractivity contribution in [1.82, 2.24) is 0 Å². The smallest absolute Gasteiger partial charge is 0.311 e. The van der Waals surface area contributed by atoms with E-state index in [0.29, 0.717) is 35.7 Å². The van der Waals surface area contributed by atoms with Crippen molar-refractivity contribution in [2.45, 2.75) is 142 Å². The van der Waals surface area contributed by atoms with Crippen LogP contribution in [0, 0.1) is 17.8 Å². The second kappa shape index (κ2) is 16.9. The number of carbonyl (C=O) groups is 2. The van der Waals surface area contributed by atoms with Crippen molar-refractivity contribution in [2.75, 3.05) is 0 Å². The van der Waals surface area contributed by atoms with Crippen LogP contribution in [-0.2, 0) is 16.0 Å². The van der Waals surface area contributed by atoms with E-state index in [1.165, 1.54) is 81.8 Å². The molecule has 3 rings (SSSR count). The lowest BCUT2D eigenvalue weighted by molar-refractivity contribution is -0.134. The Kier molecular flexibility index (Phi) is 13.7. The molecule has 0 aliphatic heterocycles. The van der Waals surface area contributed by atoms with Gasteiger partial charge in [0.15, 0.2) is 0 Å². The van der Waals surface area contributed by atoms with Gasteiger partial charge in [-0.05, 0) is 92.4 Å². The number of fused-ring (bicyclic) bond motifs is 1. The predicted molar refractivity (Wildman–Crippen MR) is 159 cm³/mol. The van der Waals surface area contributed by atoms with E-state index in [1.54, 1.807) is 0 Å². The lowest BCUT2D eigenvalue weighted by atomic mass is 9.68. The number of ether oxygens (including phenoxy) is 1. The third kappa shape index (κ3) is 9.69. The minimum atomic E-state index is -0.109. The van der Waals surface area contributed by atoms with Crippen LogP contribution in [0.4, 0.5) is 0 Å². The van der Waals surface area contributed by atoms with Crippen LogP contribution in [0.25, 0.3) is 0 Å². The molecule has 0 N–H and O–H groups in total. The van der Waals surface area contributed by atoms with Crippen molar-refractivity contribution in [1.29, 1.82) is 0 Å². The van der Waals surface area contributed by atoms with Crippen LogP contribution < -0.4 is 4.74 Å². The van der Waals surface area contributed by atoms with Gasteiger partial charge in [0, 0.05) is 18.8 Å². The van der Waals surface area contributed by atoms with Crippen molar-refractivity contribution in [2.24, 2.45) is 17.8 Å². The molecule has 4 atom stereocenters. The zero-order chi connectivity index (χ0) is 27.2. The highest BCUT2D eigenvalue weighted by Gasteiger charge is 2.40. The number of aryl methyl sites for hydroxylation is 1. The zero-order valence-corrected chi connectivity index (χ0v) is 24.6. The van der Waals surface area contributed by atoms with Crippen molar-refractivity contribution >= 4 is 11.8 Å². The van der Waals surface area contributed by atoms with Crippen LogP contribution in [-0.4, -0.2) is 11.8 Å². The van der Waals surface area contributed by atoms with Crippen molar-refractivity contribution in [3.63, 3.8) is 0 Å². The Morgan fingerprint density at radius 2 is 1.42 bits per heavy atom. The number of allylic oxidation sites excluding steroid dienone is 2. The van der Waals surface area contributed by atoms with Gasteiger partial charge < -0.3 is 4.74 Å². The maximum Gasteiger partial charge on any atom is 0.311 e. The number of Topliss-reactive ketones (excluding diaryl/α,β-unsaturated/α-hetero) is 1. The summed E-state index contributed by atoms with van der Waals surface area (Å²) in [6.07, 6.45) is 25.5. The number of carbonyl (C=O) groups excluding carboxylic acids is 2. The second-order valence-corrected chi connectivity index (χ2v) is 12.1. The standard InChI is InChI=1S/C35H54O3/c1-4-5-6-7-8-9-10-11-12-13-14-15-16-17-18-19-35(37)38-30-21-23-31-27(2)32(22-20-29(31)26-30)33-24-25-34(36)28(33)3/h11-12,21,23,26-28,32-33H,4-10,13-20,22,24-25H2,1-3H3/b12-11-/t27-,28-,32-,33-/m1/s1. The average molecular weight is 523 g/mol. The number of benzene rings is 1. The first-order valence-corrected chi connectivity index (χ1v) is 16.0. The van der Waals surface area contributed by atoms with E-state index in [1.807, 2.05) is 6.07 Å². The molecule has 0 radical (unpaired) electrons. The quantitative estimate of drug-likeness (QED) is 0.0884. The van der Waals surface area contributed by atoms with Gasteiger partial charge in [0.2, 0.25) is 0 Å². The summed E-state index contributed by atoms with van der Waals surface area (Å²) in [7, 11) is 0. The van der Waals surface area contributed by atoms with E-state index < -0.39 is 0 Å². The number of hydrogen-bond donors (Lipinski definition) is 0.